The molecule has 16 heavy (non-hydrogen) atoms. The minimum Gasteiger partial charge on any atom is -0.385 e. The zero-order valence-corrected chi connectivity index (χ0v) is 10.5. The Morgan fingerprint density at radius 2 is 2.31 bits per heavy atom. The van der Waals surface area contributed by atoms with E-state index >= 15 is 0 Å². The minimum absolute atomic E-state index is 0.272. The third-order valence-electron chi connectivity index (χ3n) is 2.96. The van der Waals surface area contributed by atoms with E-state index in [1.807, 2.05) is 13.8 Å². The number of aliphatic hydroxyl groups is 1. The molecule has 5 heteroatoms. The molecular formula is C11H17ClN2O2. The Hall–Kier alpha value is -0.840. The van der Waals surface area contributed by atoms with Crippen molar-refractivity contribution >= 4 is 17.4 Å². The summed E-state index contributed by atoms with van der Waals surface area (Å²) in [6.07, 6.45) is 1.24. The lowest BCUT2D eigenvalue weighted by Crippen LogP contribution is -2.35. The molecule has 0 aliphatic heterocycles. The topological polar surface area (TPSA) is 68.4 Å². The van der Waals surface area contributed by atoms with E-state index in [0.29, 0.717) is 17.0 Å². The molecule has 3 N–H and O–H groups in total. The Kier molecular flexibility index (Phi) is 4.13. The maximum absolute atomic E-state index is 10.2. The van der Waals surface area contributed by atoms with E-state index in [-0.39, 0.29) is 5.82 Å². The summed E-state index contributed by atoms with van der Waals surface area (Å²) in [5.74, 6) is 0.272. The lowest BCUT2D eigenvalue weighted by Gasteiger charge is -2.32. The summed E-state index contributed by atoms with van der Waals surface area (Å²) in [7, 11) is 1.56. The summed E-state index contributed by atoms with van der Waals surface area (Å²) in [5, 5.41) is 10.7. The number of aliphatic hydroxyl groups excluding tert-OH is 1. The van der Waals surface area contributed by atoms with Crippen molar-refractivity contribution in [2.45, 2.75) is 32.0 Å². The van der Waals surface area contributed by atoms with Gasteiger partial charge in [-0.3, -0.25) is 0 Å². The average molecular weight is 245 g/mol. The van der Waals surface area contributed by atoms with Crippen LogP contribution in [0.3, 0.4) is 0 Å². The summed E-state index contributed by atoms with van der Waals surface area (Å²) in [5.41, 5.74) is 5.52. The van der Waals surface area contributed by atoms with Gasteiger partial charge in [-0.25, -0.2) is 4.98 Å². The molecule has 1 heterocycles. The predicted molar refractivity (Wildman–Crippen MR) is 64.3 cm³/mol. The van der Waals surface area contributed by atoms with Gasteiger partial charge in [0.15, 0.2) is 0 Å². The quantitative estimate of drug-likeness (QED) is 0.852. The van der Waals surface area contributed by atoms with Gasteiger partial charge in [-0.1, -0.05) is 18.5 Å². The Labute approximate surface area is 100 Å². The molecular weight excluding hydrogens is 228 g/mol. The lowest BCUT2D eigenvalue weighted by molar-refractivity contribution is -0.0942. The fraction of sp³-hybridized carbons (Fsp3) is 0.545. The fourth-order valence-corrected chi connectivity index (χ4v) is 1.63. The largest absolute Gasteiger partial charge is 0.385 e. The molecule has 0 fully saturated rings. The van der Waals surface area contributed by atoms with Crippen LogP contribution in [-0.2, 0) is 4.74 Å². The van der Waals surface area contributed by atoms with E-state index in [0.717, 1.165) is 0 Å². The monoisotopic (exact) mass is 244 g/mol. The van der Waals surface area contributed by atoms with Gasteiger partial charge in [0.05, 0.1) is 10.6 Å². The van der Waals surface area contributed by atoms with Crippen LogP contribution < -0.4 is 5.73 Å². The second-order valence-corrected chi connectivity index (χ2v) is 4.34. The second-order valence-electron chi connectivity index (χ2n) is 3.90. The first-order valence-electron chi connectivity index (χ1n) is 5.08. The van der Waals surface area contributed by atoms with E-state index < -0.39 is 11.7 Å². The van der Waals surface area contributed by atoms with Crippen LogP contribution in [0.2, 0.25) is 5.02 Å². The number of rotatable bonds is 4. The number of ether oxygens (including phenoxy) is 1. The van der Waals surface area contributed by atoms with Crippen molar-refractivity contribution < 1.29 is 9.84 Å². The van der Waals surface area contributed by atoms with Crippen LogP contribution >= 0.6 is 11.6 Å². The second kappa shape index (κ2) is 4.99. The van der Waals surface area contributed by atoms with Gasteiger partial charge >= 0.3 is 0 Å². The van der Waals surface area contributed by atoms with Crippen LogP contribution in [0.15, 0.2) is 12.3 Å². The molecule has 90 valence electrons. The molecule has 0 aliphatic rings. The molecule has 0 aliphatic carbocycles. The van der Waals surface area contributed by atoms with E-state index in [1.165, 1.54) is 6.20 Å². The van der Waals surface area contributed by atoms with Crippen LogP contribution in [0.4, 0.5) is 5.82 Å². The highest BCUT2D eigenvalue weighted by Crippen LogP contribution is 2.34. The first-order valence-corrected chi connectivity index (χ1v) is 5.46. The number of anilines is 1. The molecule has 2 atom stereocenters. The molecule has 1 rings (SSSR count). The smallest absolute Gasteiger partial charge is 0.129 e. The molecule has 0 radical (unpaired) electrons. The molecule has 0 aromatic carbocycles. The fourth-order valence-electron chi connectivity index (χ4n) is 1.46. The third kappa shape index (κ3) is 2.45. The molecule has 0 amide bonds. The highest BCUT2D eigenvalue weighted by Gasteiger charge is 2.33. The SMILES string of the molecule is CCC(C)(OC)C(O)c1cc(Cl)cnc1N. The zero-order chi connectivity index (χ0) is 12.3. The highest BCUT2D eigenvalue weighted by atomic mass is 35.5. The van der Waals surface area contributed by atoms with Gasteiger partial charge in [0, 0.05) is 18.9 Å². The van der Waals surface area contributed by atoms with Gasteiger partial charge in [-0.05, 0) is 19.4 Å². The summed E-state index contributed by atoms with van der Waals surface area (Å²) in [6, 6.07) is 1.61. The van der Waals surface area contributed by atoms with E-state index in [1.54, 1.807) is 13.2 Å². The Bertz CT molecular complexity index is 367. The standard InChI is InChI=1S/C11H17ClN2O2/c1-4-11(2,16-3)9(15)8-5-7(12)6-14-10(8)13/h5-6,9,15H,4H2,1-3H3,(H2,13,14). The molecule has 2 unspecified atom stereocenters. The maximum atomic E-state index is 10.2. The van der Waals surface area contributed by atoms with Gasteiger partial charge in [0.1, 0.15) is 11.9 Å². The number of aromatic nitrogens is 1. The Balaban J connectivity index is 3.12. The number of nitrogen functional groups attached to an aromatic ring is 1. The number of nitrogens with two attached hydrogens (primary N) is 1. The molecule has 1 aromatic heterocycles. The number of methoxy groups -OCH3 is 1. The predicted octanol–water partition coefficient (Wildman–Crippen LogP) is 2.17. The van der Waals surface area contributed by atoms with E-state index in [2.05, 4.69) is 4.98 Å². The summed E-state index contributed by atoms with van der Waals surface area (Å²) in [4.78, 5) is 3.91. The van der Waals surface area contributed by atoms with Crippen molar-refractivity contribution in [1.82, 2.24) is 4.98 Å². The molecule has 0 saturated carbocycles. The van der Waals surface area contributed by atoms with Crippen molar-refractivity contribution in [2.24, 2.45) is 0 Å². The first kappa shape index (κ1) is 13.2. The number of halogens is 1. The van der Waals surface area contributed by atoms with Gasteiger partial charge in [-0.15, -0.1) is 0 Å². The Morgan fingerprint density at radius 1 is 1.69 bits per heavy atom. The minimum atomic E-state index is -0.853. The van der Waals surface area contributed by atoms with Crippen molar-refractivity contribution in [1.29, 1.82) is 0 Å². The van der Waals surface area contributed by atoms with Crippen LogP contribution in [-0.4, -0.2) is 22.8 Å². The van der Waals surface area contributed by atoms with Crippen LogP contribution in [0.5, 0.6) is 0 Å². The van der Waals surface area contributed by atoms with Crippen molar-refractivity contribution in [3.8, 4) is 0 Å². The third-order valence-corrected chi connectivity index (χ3v) is 3.16. The number of nitrogens with zero attached hydrogens (tertiary/aromatic N) is 1. The zero-order valence-electron chi connectivity index (χ0n) is 9.70. The van der Waals surface area contributed by atoms with Crippen LogP contribution in [0, 0.1) is 0 Å². The Morgan fingerprint density at radius 3 is 2.81 bits per heavy atom. The number of hydrogen-bond donors (Lipinski definition) is 2. The van der Waals surface area contributed by atoms with Crippen molar-refractivity contribution in [3.05, 3.63) is 22.8 Å². The summed E-state index contributed by atoms with van der Waals surface area (Å²) in [6.45, 7) is 3.75. The van der Waals surface area contributed by atoms with E-state index in [9.17, 15) is 5.11 Å². The molecule has 0 spiro atoms. The lowest BCUT2D eigenvalue weighted by atomic mass is 9.90. The van der Waals surface area contributed by atoms with Gasteiger partial charge in [-0.2, -0.15) is 0 Å². The molecule has 0 bridgehead atoms. The van der Waals surface area contributed by atoms with Crippen molar-refractivity contribution in [3.63, 3.8) is 0 Å². The number of hydrogen-bond acceptors (Lipinski definition) is 4. The van der Waals surface area contributed by atoms with Crippen LogP contribution in [0.1, 0.15) is 31.9 Å². The average Bonchev–Trinajstić information content (AvgIpc) is 2.30. The first-order chi connectivity index (χ1) is 7.44. The van der Waals surface area contributed by atoms with Gasteiger partial charge in [0.25, 0.3) is 0 Å². The molecule has 4 nitrogen and oxygen atoms in total. The molecule has 1 aromatic rings. The normalized spacial score (nSPS) is 16.8. The maximum Gasteiger partial charge on any atom is 0.129 e. The summed E-state index contributed by atoms with van der Waals surface area (Å²) >= 11 is 5.83. The van der Waals surface area contributed by atoms with E-state index in [4.69, 9.17) is 22.1 Å². The summed E-state index contributed by atoms with van der Waals surface area (Å²) < 4.78 is 5.32. The molecule has 0 saturated heterocycles. The number of pyridine rings is 1. The van der Waals surface area contributed by atoms with Crippen molar-refractivity contribution in [2.75, 3.05) is 12.8 Å². The van der Waals surface area contributed by atoms with Gasteiger partial charge < -0.3 is 15.6 Å². The van der Waals surface area contributed by atoms with Gasteiger partial charge in [0.2, 0.25) is 0 Å². The van der Waals surface area contributed by atoms with Crippen LogP contribution in [0.25, 0.3) is 0 Å². The highest BCUT2D eigenvalue weighted by molar-refractivity contribution is 6.30.